The normalized spacial score (nSPS) is 33.9. The second-order valence-corrected chi connectivity index (χ2v) is 4.88. The molecule has 0 amide bonds. The molecular formula is C13H19NO2. The number of hydrogen-bond acceptors (Lipinski definition) is 3. The average Bonchev–Trinajstić information content (AvgIpc) is 2.89. The fraction of sp³-hybridized carbons (Fsp3) is 0.692. The quantitative estimate of drug-likeness (QED) is 0.833. The Morgan fingerprint density at radius 2 is 2.31 bits per heavy atom. The summed E-state index contributed by atoms with van der Waals surface area (Å²) in [5.41, 5.74) is 1.37. The van der Waals surface area contributed by atoms with Crippen molar-refractivity contribution in [2.24, 2.45) is 0 Å². The first-order valence-corrected chi connectivity index (χ1v) is 6.28. The van der Waals surface area contributed by atoms with Crippen LogP contribution in [-0.4, -0.2) is 18.8 Å². The molecule has 1 N–H and O–H groups in total. The van der Waals surface area contributed by atoms with E-state index in [4.69, 9.17) is 9.15 Å². The summed E-state index contributed by atoms with van der Waals surface area (Å²) < 4.78 is 11.1. The molecule has 2 heterocycles. The predicted molar refractivity (Wildman–Crippen MR) is 61.3 cm³/mol. The third-order valence-corrected chi connectivity index (χ3v) is 3.84. The van der Waals surface area contributed by atoms with Crippen LogP contribution in [0.5, 0.6) is 0 Å². The molecule has 1 aromatic heterocycles. The third kappa shape index (κ3) is 1.78. The van der Waals surface area contributed by atoms with Crippen LogP contribution in [0.3, 0.4) is 0 Å². The lowest BCUT2D eigenvalue weighted by Gasteiger charge is -2.27. The van der Waals surface area contributed by atoms with Crippen LogP contribution in [0.4, 0.5) is 0 Å². The number of fused-ring (bicyclic) bond motifs is 1. The van der Waals surface area contributed by atoms with Crippen LogP contribution in [-0.2, 0) is 11.2 Å². The molecule has 0 radical (unpaired) electrons. The van der Waals surface area contributed by atoms with Gasteiger partial charge in [0.05, 0.1) is 12.4 Å². The molecule has 3 heteroatoms. The lowest BCUT2D eigenvalue weighted by molar-refractivity contribution is 0.110. The van der Waals surface area contributed by atoms with Crippen molar-refractivity contribution < 1.29 is 9.15 Å². The van der Waals surface area contributed by atoms with E-state index < -0.39 is 0 Å². The molecule has 0 saturated carbocycles. The SMILES string of the molecule is CC1OCCC1NC1CCCc2occc21. The van der Waals surface area contributed by atoms with Crippen LogP contribution in [0.15, 0.2) is 16.7 Å². The summed E-state index contributed by atoms with van der Waals surface area (Å²) in [5.74, 6) is 1.18. The number of furan rings is 1. The summed E-state index contributed by atoms with van der Waals surface area (Å²) in [7, 11) is 0. The first-order valence-electron chi connectivity index (χ1n) is 6.28. The molecule has 0 aromatic carbocycles. The topological polar surface area (TPSA) is 34.4 Å². The maximum atomic E-state index is 5.59. The summed E-state index contributed by atoms with van der Waals surface area (Å²) >= 11 is 0. The zero-order valence-electron chi connectivity index (χ0n) is 9.74. The van der Waals surface area contributed by atoms with Gasteiger partial charge in [-0.25, -0.2) is 0 Å². The van der Waals surface area contributed by atoms with Gasteiger partial charge >= 0.3 is 0 Å². The van der Waals surface area contributed by atoms with Crippen molar-refractivity contribution in [3.8, 4) is 0 Å². The highest BCUT2D eigenvalue weighted by Crippen LogP contribution is 2.31. The zero-order chi connectivity index (χ0) is 11.0. The summed E-state index contributed by atoms with van der Waals surface area (Å²) in [5, 5.41) is 3.72. The van der Waals surface area contributed by atoms with Gasteiger partial charge in [-0.2, -0.15) is 0 Å². The van der Waals surface area contributed by atoms with E-state index in [1.165, 1.54) is 24.2 Å². The Morgan fingerprint density at radius 1 is 1.38 bits per heavy atom. The molecule has 3 atom stereocenters. The second-order valence-electron chi connectivity index (χ2n) is 4.88. The molecule has 0 spiro atoms. The van der Waals surface area contributed by atoms with Crippen LogP contribution in [0.2, 0.25) is 0 Å². The number of hydrogen-bond donors (Lipinski definition) is 1. The third-order valence-electron chi connectivity index (χ3n) is 3.84. The second kappa shape index (κ2) is 4.22. The number of nitrogens with one attached hydrogen (secondary N) is 1. The molecule has 1 aromatic rings. The molecule has 3 rings (SSSR count). The van der Waals surface area contributed by atoms with Gasteiger partial charge in [-0.1, -0.05) is 0 Å². The van der Waals surface area contributed by atoms with Crippen molar-refractivity contribution in [2.45, 2.75) is 50.8 Å². The highest BCUT2D eigenvalue weighted by atomic mass is 16.5. The average molecular weight is 221 g/mol. The number of ether oxygens (including phenoxy) is 1. The van der Waals surface area contributed by atoms with E-state index in [-0.39, 0.29) is 0 Å². The molecule has 1 aliphatic carbocycles. The minimum absolute atomic E-state index is 0.345. The molecule has 3 unspecified atom stereocenters. The Morgan fingerprint density at radius 3 is 3.12 bits per heavy atom. The van der Waals surface area contributed by atoms with Crippen LogP contribution in [0.25, 0.3) is 0 Å². The maximum absolute atomic E-state index is 5.59. The summed E-state index contributed by atoms with van der Waals surface area (Å²) in [4.78, 5) is 0. The van der Waals surface area contributed by atoms with E-state index in [1.54, 1.807) is 0 Å². The highest BCUT2D eigenvalue weighted by molar-refractivity contribution is 5.24. The molecule has 16 heavy (non-hydrogen) atoms. The Labute approximate surface area is 96.2 Å². The molecule has 1 aliphatic heterocycles. The van der Waals surface area contributed by atoms with Gasteiger partial charge in [-0.15, -0.1) is 0 Å². The van der Waals surface area contributed by atoms with Gasteiger partial charge in [-0.05, 0) is 32.3 Å². The van der Waals surface area contributed by atoms with Crippen molar-refractivity contribution in [1.82, 2.24) is 5.32 Å². The standard InChI is InChI=1S/C13H19NO2/c1-9-11(6-8-15-9)14-12-3-2-4-13-10(12)5-7-16-13/h5,7,9,11-12,14H,2-4,6,8H2,1H3. The lowest BCUT2D eigenvalue weighted by Crippen LogP contribution is -2.38. The molecule has 1 saturated heterocycles. The van der Waals surface area contributed by atoms with Crippen molar-refractivity contribution in [1.29, 1.82) is 0 Å². The van der Waals surface area contributed by atoms with Crippen LogP contribution in [0, 0.1) is 0 Å². The molecule has 88 valence electrons. The van der Waals surface area contributed by atoms with Crippen molar-refractivity contribution in [2.75, 3.05) is 6.61 Å². The largest absolute Gasteiger partial charge is 0.469 e. The Balaban J connectivity index is 1.72. The summed E-state index contributed by atoms with van der Waals surface area (Å²) in [6, 6.07) is 3.09. The van der Waals surface area contributed by atoms with Crippen LogP contribution >= 0.6 is 0 Å². The van der Waals surface area contributed by atoms with Gasteiger partial charge < -0.3 is 14.5 Å². The van der Waals surface area contributed by atoms with Crippen LogP contribution in [0.1, 0.15) is 43.6 Å². The van der Waals surface area contributed by atoms with E-state index in [0.29, 0.717) is 18.2 Å². The Bertz CT molecular complexity index is 361. The zero-order valence-corrected chi connectivity index (χ0v) is 9.74. The van der Waals surface area contributed by atoms with E-state index in [9.17, 15) is 0 Å². The van der Waals surface area contributed by atoms with E-state index in [0.717, 1.165) is 19.4 Å². The number of rotatable bonds is 2. The highest BCUT2D eigenvalue weighted by Gasteiger charge is 2.29. The monoisotopic (exact) mass is 221 g/mol. The summed E-state index contributed by atoms with van der Waals surface area (Å²) in [6.45, 7) is 3.05. The van der Waals surface area contributed by atoms with Gasteiger partial charge in [0.2, 0.25) is 0 Å². The van der Waals surface area contributed by atoms with Crippen molar-refractivity contribution in [3.05, 3.63) is 23.7 Å². The first-order chi connectivity index (χ1) is 7.84. The van der Waals surface area contributed by atoms with Gasteiger partial charge in [0, 0.05) is 30.7 Å². The minimum Gasteiger partial charge on any atom is -0.469 e. The molecular weight excluding hydrogens is 202 g/mol. The smallest absolute Gasteiger partial charge is 0.108 e. The fourth-order valence-electron chi connectivity index (χ4n) is 2.87. The van der Waals surface area contributed by atoms with E-state index in [2.05, 4.69) is 18.3 Å². The maximum Gasteiger partial charge on any atom is 0.108 e. The lowest BCUT2D eigenvalue weighted by atomic mass is 9.92. The van der Waals surface area contributed by atoms with Gasteiger partial charge in [0.15, 0.2) is 0 Å². The summed E-state index contributed by atoms with van der Waals surface area (Å²) in [6.07, 6.45) is 6.83. The molecule has 0 bridgehead atoms. The molecule has 2 aliphatic rings. The first kappa shape index (κ1) is 10.4. The van der Waals surface area contributed by atoms with E-state index >= 15 is 0 Å². The minimum atomic E-state index is 0.345. The van der Waals surface area contributed by atoms with Gasteiger partial charge in [0.25, 0.3) is 0 Å². The number of aryl methyl sites for hydroxylation is 1. The Hall–Kier alpha value is -0.800. The van der Waals surface area contributed by atoms with Gasteiger partial charge in [0.1, 0.15) is 5.76 Å². The fourth-order valence-corrected chi connectivity index (χ4v) is 2.87. The van der Waals surface area contributed by atoms with Crippen molar-refractivity contribution >= 4 is 0 Å². The van der Waals surface area contributed by atoms with Crippen LogP contribution < -0.4 is 5.32 Å². The van der Waals surface area contributed by atoms with E-state index in [1.807, 2.05) is 6.26 Å². The Kier molecular flexibility index (Phi) is 2.74. The molecule has 3 nitrogen and oxygen atoms in total. The van der Waals surface area contributed by atoms with Crippen molar-refractivity contribution in [3.63, 3.8) is 0 Å². The molecule has 1 fully saturated rings. The van der Waals surface area contributed by atoms with Gasteiger partial charge in [-0.3, -0.25) is 0 Å². The predicted octanol–water partition coefficient (Wildman–Crippen LogP) is 2.42.